The van der Waals surface area contributed by atoms with E-state index in [-0.39, 0.29) is 0 Å². The number of halogens is 1. The minimum atomic E-state index is 0.475. The molecule has 0 unspecified atom stereocenters. The molecular formula is C16H14ClN5. The van der Waals surface area contributed by atoms with Gasteiger partial charge in [0.15, 0.2) is 5.82 Å². The van der Waals surface area contributed by atoms with Gasteiger partial charge in [0.05, 0.1) is 6.20 Å². The highest BCUT2D eigenvalue weighted by atomic mass is 35.5. The summed E-state index contributed by atoms with van der Waals surface area (Å²) in [6.07, 6.45) is 1.57. The third-order valence-electron chi connectivity index (χ3n) is 2.97. The molecule has 0 amide bonds. The first-order valence-electron chi connectivity index (χ1n) is 6.80. The number of hydrogen-bond acceptors (Lipinski definition) is 5. The highest BCUT2D eigenvalue weighted by Crippen LogP contribution is 2.17. The average Bonchev–Trinajstić information content (AvgIpc) is 2.57. The second-order valence-corrected chi connectivity index (χ2v) is 5.07. The van der Waals surface area contributed by atoms with Gasteiger partial charge in [-0.3, -0.25) is 0 Å². The van der Waals surface area contributed by atoms with Gasteiger partial charge >= 0.3 is 0 Å². The molecule has 0 saturated carbocycles. The number of benzene rings is 2. The van der Waals surface area contributed by atoms with Crippen LogP contribution >= 0.6 is 11.6 Å². The van der Waals surface area contributed by atoms with Crippen LogP contribution in [0.25, 0.3) is 0 Å². The molecule has 2 aromatic carbocycles. The average molecular weight is 312 g/mol. The SMILES string of the molecule is Clc1ccc(Nc2cnnc(NCc3ccccc3)n2)cc1. The second kappa shape index (κ2) is 6.87. The zero-order chi connectivity index (χ0) is 15.2. The Morgan fingerprint density at radius 3 is 2.50 bits per heavy atom. The molecule has 22 heavy (non-hydrogen) atoms. The fraction of sp³-hybridized carbons (Fsp3) is 0.0625. The third kappa shape index (κ3) is 3.93. The van der Waals surface area contributed by atoms with Crippen molar-refractivity contribution in [1.82, 2.24) is 15.2 Å². The van der Waals surface area contributed by atoms with Crippen LogP contribution < -0.4 is 10.6 Å². The number of rotatable bonds is 5. The summed E-state index contributed by atoms with van der Waals surface area (Å²) in [6.45, 7) is 0.646. The summed E-state index contributed by atoms with van der Waals surface area (Å²) >= 11 is 5.86. The molecule has 3 aromatic rings. The Bertz CT molecular complexity index is 731. The molecular weight excluding hydrogens is 298 g/mol. The Hall–Kier alpha value is -2.66. The zero-order valence-corrected chi connectivity index (χ0v) is 12.5. The summed E-state index contributed by atoms with van der Waals surface area (Å²) in [5, 5.41) is 14.9. The lowest BCUT2D eigenvalue weighted by atomic mass is 10.2. The van der Waals surface area contributed by atoms with Crippen LogP contribution in [0.3, 0.4) is 0 Å². The van der Waals surface area contributed by atoms with Crippen LogP contribution in [0.5, 0.6) is 0 Å². The Labute approximate surface area is 133 Å². The lowest BCUT2D eigenvalue weighted by Gasteiger charge is -2.07. The van der Waals surface area contributed by atoms with Crippen LogP contribution in [0.4, 0.5) is 17.5 Å². The first-order chi connectivity index (χ1) is 10.8. The topological polar surface area (TPSA) is 62.7 Å². The largest absolute Gasteiger partial charge is 0.349 e. The van der Waals surface area contributed by atoms with Crippen molar-refractivity contribution in [2.24, 2.45) is 0 Å². The van der Waals surface area contributed by atoms with Crippen LogP contribution in [0.15, 0.2) is 60.8 Å². The number of aromatic nitrogens is 3. The molecule has 110 valence electrons. The van der Waals surface area contributed by atoms with Gasteiger partial charge in [0.25, 0.3) is 0 Å². The molecule has 0 saturated heterocycles. The van der Waals surface area contributed by atoms with Gasteiger partial charge in [0.2, 0.25) is 5.95 Å². The second-order valence-electron chi connectivity index (χ2n) is 4.64. The monoisotopic (exact) mass is 311 g/mol. The lowest BCUT2D eigenvalue weighted by molar-refractivity contribution is 0.949. The maximum absolute atomic E-state index is 5.86. The van der Waals surface area contributed by atoms with Gasteiger partial charge in [0, 0.05) is 17.3 Å². The molecule has 0 radical (unpaired) electrons. The van der Waals surface area contributed by atoms with E-state index in [1.54, 1.807) is 6.20 Å². The van der Waals surface area contributed by atoms with Gasteiger partial charge in [-0.1, -0.05) is 41.9 Å². The van der Waals surface area contributed by atoms with E-state index in [1.807, 2.05) is 54.6 Å². The summed E-state index contributed by atoms with van der Waals surface area (Å²) in [5.74, 6) is 1.09. The van der Waals surface area contributed by atoms with Crippen molar-refractivity contribution in [3.05, 3.63) is 71.4 Å². The van der Waals surface area contributed by atoms with E-state index >= 15 is 0 Å². The number of nitrogens with zero attached hydrogens (tertiary/aromatic N) is 3. The van der Waals surface area contributed by atoms with Gasteiger partial charge in [-0.05, 0) is 29.8 Å². The van der Waals surface area contributed by atoms with Crippen molar-refractivity contribution in [2.75, 3.05) is 10.6 Å². The van der Waals surface area contributed by atoms with E-state index in [9.17, 15) is 0 Å². The first kappa shape index (κ1) is 14.3. The third-order valence-corrected chi connectivity index (χ3v) is 3.22. The fourth-order valence-electron chi connectivity index (χ4n) is 1.90. The van der Waals surface area contributed by atoms with Crippen molar-refractivity contribution in [2.45, 2.75) is 6.54 Å². The summed E-state index contributed by atoms with van der Waals surface area (Å²) in [6, 6.07) is 17.4. The standard InChI is InChI=1S/C16H14ClN5/c17-13-6-8-14(9-7-13)20-15-11-19-22-16(21-15)18-10-12-4-2-1-3-5-12/h1-9,11H,10H2,(H2,18,20,21,22). The van der Waals surface area contributed by atoms with Crippen molar-refractivity contribution in [3.8, 4) is 0 Å². The highest BCUT2D eigenvalue weighted by Gasteiger charge is 2.01. The predicted octanol–water partition coefficient (Wildman–Crippen LogP) is 3.88. The maximum atomic E-state index is 5.86. The van der Waals surface area contributed by atoms with Crippen LogP contribution in [0.2, 0.25) is 5.02 Å². The molecule has 1 aromatic heterocycles. The maximum Gasteiger partial charge on any atom is 0.244 e. The molecule has 0 atom stereocenters. The summed E-state index contributed by atoms with van der Waals surface area (Å²) in [4.78, 5) is 4.38. The van der Waals surface area contributed by atoms with Gasteiger partial charge in [-0.15, -0.1) is 5.10 Å². The first-order valence-corrected chi connectivity index (χ1v) is 7.17. The molecule has 0 spiro atoms. The highest BCUT2D eigenvalue weighted by molar-refractivity contribution is 6.30. The van der Waals surface area contributed by atoms with Gasteiger partial charge in [-0.25, -0.2) is 0 Å². The van der Waals surface area contributed by atoms with Gasteiger partial charge in [-0.2, -0.15) is 10.1 Å². The minimum Gasteiger partial charge on any atom is -0.349 e. The molecule has 0 aliphatic carbocycles. The van der Waals surface area contributed by atoms with E-state index in [4.69, 9.17) is 11.6 Å². The van der Waals surface area contributed by atoms with Crippen LogP contribution in [0, 0.1) is 0 Å². The fourth-order valence-corrected chi connectivity index (χ4v) is 2.02. The van der Waals surface area contributed by atoms with E-state index in [0.29, 0.717) is 23.3 Å². The van der Waals surface area contributed by atoms with Gasteiger partial charge < -0.3 is 10.6 Å². The Kier molecular flexibility index (Phi) is 4.46. The van der Waals surface area contributed by atoms with E-state index in [1.165, 1.54) is 0 Å². The molecule has 0 aliphatic rings. The molecule has 3 rings (SSSR count). The molecule has 0 bridgehead atoms. The minimum absolute atomic E-state index is 0.475. The van der Waals surface area contributed by atoms with E-state index in [0.717, 1.165) is 11.3 Å². The zero-order valence-electron chi connectivity index (χ0n) is 11.7. The predicted molar refractivity (Wildman–Crippen MR) is 88.3 cm³/mol. The van der Waals surface area contributed by atoms with Crippen LogP contribution in [-0.2, 0) is 6.54 Å². The van der Waals surface area contributed by atoms with Crippen molar-refractivity contribution in [3.63, 3.8) is 0 Å². The quantitative estimate of drug-likeness (QED) is 0.748. The normalized spacial score (nSPS) is 10.2. The van der Waals surface area contributed by atoms with Crippen molar-refractivity contribution in [1.29, 1.82) is 0 Å². The van der Waals surface area contributed by atoms with Gasteiger partial charge in [0.1, 0.15) is 0 Å². The molecule has 0 fully saturated rings. The van der Waals surface area contributed by atoms with E-state index < -0.39 is 0 Å². The lowest BCUT2D eigenvalue weighted by Crippen LogP contribution is -2.06. The number of hydrogen-bond donors (Lipinski definition) is 2. The Morgan fingerprint density at radius 1 is 0.955 bits per heavy atom. The molecule has 5 nitrogen and oxygen atoms in total. The van der Waals surface area contributed by atoms with Crippen LogP contribution in [-0.4, -0.2) is 15.2 Å². The van der Waals surface area contributed by atoms with E-state index in [2.05, 4.69) is 25.8 Å². The summed E-state index contributed by atoms with van der Waals surface area (Å²) in [5.41, 5.74) is 2.04. The number of nitrogens with one attached hydrogen (secondary N) is 2. The molecule has 6 heteroatoms. The Balaban J connectivity index is 1.66. The summed E-state index contributed by atoms with van der Waals surface area (Å²) in [7, 11) is 0. The number of anilines is 3. The molecule has 2 N–H and O–H groups in total. The van der Waals surface area contributed by atoms with Crippen molar-refractivity contribution < 1.29 is 0 Å². The van der Waals surface area contributed by atoms with Crippen LogP contribution in [0.1, 0.15) is 5.56 Å². The Morgan fingerprint density at radius 2 is 1.73 bits per heavy atom. The molecule has 1 heterocycles. The van der Waals surface area contributed by atoms with Crippen molar-refractivity contribution >= 4 is 29.1 Å². The summed E-state index contributed by atoms with van der Waals surface area (Å²) < 4.78 is 0. The smallest absolute Gasteiger partial charge is 0.244 e. The molecule has 0 aliphatic heterocycles.